The number of hydrogen-bond acceptors (Lipinski definition) is 2. The summed E-state index contributed by atoms with van der Waals surface area (Å²) < 4.78 is 0. The van der Waals surface area contributed by atoms with Gasteiger partial charge >= 0.3 is 0 Å². The van der Waals surface area contributed by atoms with Crippen molar-refractivity contribution in [3.8, 4) is 6.07 Å². The Balaban J connectivity index is 1.90. The first-order valence-electron chi connectivity index (χ1n) is 7.12. The largest absolute Gasteiger partial charge is 0.340 e. The second-order valence-corrected chi connectivity index (χ2v) is 5.82. The van der Waals surface area contributed by atoms with E-state index in [0.717, 1.165) is 31.2 Å². The van der Waals surface area contributed by atoms with Gasteiger partial charge in [-0.3, -0.25) is 4.79 Å². The first-order chi connectivity index (χ1) is 9.69. The Bertz CT molecular complexity index is 503. The van der Waals surface area contributed by atoms with Gasteiger partial charge in [-0.2, -0.15) is 5.26 Å². The van der Waals surface area contributed by atoms with Crippen molar-refractivity contribution < 1.29 is 4.79 Å². The Kier molecular flexibility index (Phi) is 5.43. The maximum absolute atomic E-state index is 12.0. The first-order valence-corrected chi connectivity index (χ1v) is 7.50. The van der Waals surface area contributed by atoms with Crippen LogP contribution >= 0.6 is 11.6 Å². The van der Waals surface area contributed by atoms with E-state index in [1.165, 1.54) is 6.42 Å². The smallest absolute Gasteiger partial charge is 0.225 e. The Labute approximate surface area is 124 Å². The van der Waals surface area contributed by atoms with Crippen LogP contribution in [0.4, 0.5) is 0 Å². The van der Waals surface area contributed by atoms with Crippen LogP contribution in [0.15, 0.2) is 24.3 Å². The number of halogens is 1. The maximum atomic E-state index is 12.0. The molecule has 0 heterocycles. The van der Waals surface area contributed by atoms with Crippen molar-refractivity contribution >= 4 is 17.5 Å². The summed E-state index contributed by atoms with van der Waals surface area (Å²) in [6.45, 7) is 0. The third-order valence-electron chi connectivity index (χ3n) is 3.83. The SMILES string of the molecule is N#CC(NC(=O)Cc1cccc(Cl)c1)C1CCCCC1. The Morgan fingerprint density at radius 1 is 1.40 bits per heavy atom. The van der Waals surface area contributed by atoms with E-state index in [1.807, 2.05) is 12.1 Å². The quantitative estimate of drug-likeness (QED) is 0.923. The highest BCUT2D eigenvalue weighted by Crippen LogP contribution is 2.26. The molecule has 0 saturated heterocycles. The highest BCUT2D eigenvalue weighted by Gasteiger charge is 2.24. The fourth-order valence-electron chi connectivity index (χ4n) is 2.78. The van der Waals surface area contributed by atoms with E-state index in [2.05, 4.69) is 11.4 Å². The Morgan fingerprint density at radius 3 is 2.80 bits per heavy atom. The zero-order valence-corrected chi connectivity index (χ0v) is 12.2. The number of rotatable bonds is 4. The molecule has 1 aromatic carbocycles. The molecule has 1 atom stereocenters. The van der Waals surface area contributed by atoms with Crippen molar-refractivity contribution in [1.82, 2.24) is 5.32 Å². The number of hydrogen-bond donors (Lipinski definition) is 1. The molecule has 0 spiro atoms. The number of nitrogens with zero attached hydrogens (tertiary/aromatic N) is 1. The van der Waals surface area contributed by atoms with Crippen LogP contribution in [0.1, 0.15) is 37.7 Å². The Morgan fingerprint density at radius 2 is 2.15 bits per heavy atom. The van der Waals surface area contributed by atoms with Gasteiger partial charge in [-0.1, -0.05) is 43.0 Å². The van der Waals surface area contributed by atoms with Crippen molar-refractivity contribution in [3.63, 3.8) is 0 Å². The molecule has 1 aromatic rings. The molecule has 1 aliphatic carbocycles. The number of carbonyl (C=O) groups excluding carboxylic acids is 1. The van der Waals surface area contributed by atoms with Crippen molar-refractivity contribution in [2.24, 2.45) is 5.92 Å². The molecule has 1 unspecified atom stereocenters. The van der Waals surface area contributed by atoms with E-state index >= 15 is 0 Å². The molecule has 1 aliphatic rings. The van der Waals surface area contributed by atoms with Gasteiger partial charge in [0, 0.05) is 5.02 Å². The van der Waals surface area contributed by atoms with Gasteiger partial charge in [0.25, 0.3) is 0 Å². The average Bonchev–Trinajstić information content (AvgIpc) is 2.45. The lowest BCUT2D eigenvalue weighted by Crippen LogP contribution is -2.40. The van der Waals surface area contributed by atoms with E-state index < -0.39 is 0 Å². The van der Waals surface area contributed by atoms with E-state index in [-0.39, 0.29) is 18.4 Å². The molecule has 3 nitrogen and oxygen atoms in total. The predicted molar refractivity (Wildman–Crippen MR) is 79.3 cm³/mol. The van der Waals surface area contributed by atoms with Crippen molar-refractivity contribution in [2.45, 2.75) is 44.6 Å². The lowest BCUT2D eigenvalue weighted by molar-refractivity contribution is -0.121. The fourth-order valence-corrected chi connectivity index (χ4v) is 2.99. The highest BCUT2D eigenvalue weighted by atomic mass is 35.5. The van der Waals surface area contributed by atoms with Crippen LogP contribution in [0.5, 0.6) is 0 Å². The number of benzene rings is 1. The van der Waals surface area contributed by atoms with E-state index in [0.29, 0.717) is 10.9 Å². The summed E-state index contributed by atoms with van der Waals surface area (Å²) in [5, 5.41) is 12.7. The predicted octanol–water partition coefficient (Wildman–Crippen LogP) is 3.47. The zero-order valence-electron chi connectivity index (χ0n) is 11.4. The van der Waals surface area contributed by atoms with Gasteiger partial charge in [-0.25, -0.2) is 0 Å². The molecular formula is C16H19ClN2O. The molecule has 2 rings (SSSR count). The molecule has 0 radical (unpaired) electrons. The maximum Gasteiger partial charge on any atom is 0.225 e. The molecule has 0 aromatic heterocycles. The van der Waals surface area contributed by atoms with E-state index in [9.17, 15) is 10.1 Å². The van der Waals surface area contributed by atoms with Gasteiger partial charge in [0.15, 0.2) is 0 Å². The van der Waals surface area contributed by atoms with Gasteiger partial charge in [0.1, 0.15) is 6.04 Å². The summed E-state index contributed by atoms with van der Waals surface area (Å²) in [5.74, 6) is 0.196. The third kappa shape index (κ3) is 4.25. The molecular weight excluding hydrogens is 272 g/mol. The minimum Gasteiger partial charge on any atom is -0.340 e. The monoisotopic (exact) mass is 290 g/mol. The van der Waals surface area contributed by atoms with Crippen LogP contribution in [-0.2, 0) is 11.2 Å². The van der Waals surface area contributed by atoms with E-state index in [4.69, 9.17) is 11.6 Å². The van der Waals surface area contributed by atoms with Crippen LogP contribution in [-0.4, -0.2) is 11.9 Å². The summed E-state index contributed by atoms with van der Waals surface area (Å²) in [6, 6.07) is 9.14. The molecule has 1 N–H and O–H groups in total. The van der Waals surface area contributed by atoms with Gasteiger partial charge in [0.05, 0.1) is 12.5 Å². The average molecular weight is 291 g/mol. The standard InChI is InChI=1S/C16H19ClN2O/c17-14-8-4-5-12(9-14)10-16(20)19-15(11-18)13-6-2-1-3-7-13/h4-5,8-9,13,15H,1-3,6-7,10H2,(H,19,20). The van der Waals surface area contributed by atoms with Crippen molar-refractivity contribution in [2.75, 3.05) is 0 Å². The van der Waals surface area contributed by atoms with Gasteiger partial charge in [-0.05, 0) is 36.5 Å². The van der Waals surface area contributed by atoms with Gasteiger partial charge in [-0.15, -0.1) is 0 Å². The number of amides is 1. The molecule has 106 valence electrons. The van der Waals surface area contributed by atoms with Crippen LogP contribution in [0, 0.1) is 17.2 Å². The second-order valence-electron chi connectivity index (χ2n) is 5.38. The van der Waals surface area contributed by atoms with Gasteiger partial charge < -0.3 is 5.32 Å². The van der Waals surface area contributed by atoms with Crippen LogP contribution in [0.2, 0.25) is 5.02 Å². The van der Waals surface area contributed by atoms with Crippen molar-refractivity contribution in [1.29, 1.82) is 5.26 Å². The summed E-state index contributed by atoms with van der Waals surface area (Å²) in [7, 11) is 0. The third-order valence-corrected chi connectivity index (χ3v) is 4.07. The fraction of sp³-hybridized carbons (Fsp3) is 0.500. The summed E-state index contributed by atoms with van der Waals surface area (Å²) in [6.07, 6.45) is 5.90. The van der Waals surface area contributed by atoms with Crippen LogP contribution in [0.3, 0.4) is 0 Å². The minimum absolute atomic E-state index is 0.107. The molecule has 4 heteroatoms. The van der Waals surface area contributed by atoms with E-state index in [1.54, 1.807) is 12.1 Å². The van der Waals surface area contributed by atoms with Crippen molar-refractivity contribution in [3.05, 3.63) is 34.9 Å². The van der Waals surface area contributed by atoms with Crippen LogP contribution < -0.4 is 5.32 Å². The lowest BCUT2D eigenvalue weighted by Gasteiger charge is -2.26. The summed E-state index contributed by atoms with van der Waals surface area (Å²) in [4.78, 5) is 12.0. The second kappa shape index (κ2) is 7.31. The number of nitrogens with one attached hydrogen (secondary N) is 1. The topological polar surface area (TPSA) is 52.9 Å². The molecule has 20 heavy (non-hydrogen) atoms. The normalized spacial score (nSPS) is 17.2. The summed E-state index contributed by atoms with van der Waals surface area (Å²) in [5.41, 5.74) is 0.871. The minimum atomic E-state index is -0.359. The number of nitriles is 1. The number of carbonyl (C=O) groups is 1. The Hall–Kier alpha value is -1.53. The molecule has 0 bridgehead atoms. The lowest BCUT2D eigenvalue weighted by atomic mass is 9.84. The summed E-state index contributed by atoms with van der Waals surface area (Å²) >= 11 is 5.90. The zero-order chi connectivity index (χ0) is 14.4. The van der Waals surface area contributed by atoms with Crippen LogP contribution in [0.25, 0.3) is 0 Å². The van der Waals surface area contributed by atoms with Gasteiger partial charge in [0.2, 0.25) is 5.91 Å². The first kappa shape index (κ1) is 14.9. The molecule has 1 fully saturated rings. The highest BCUT2D eigenvalue weighted by molar-refractivity contribution is 6.30. The molecule has 1 saturated carbocycles. The molecule has 0 aliphatic heterocycles. The molecule has 1 amide bonds.